The maximum Gasteiger partial charge on any atom is 0.240 e. The zero-order chi connectivity index (χ0) is 17.4. The molecule has 2 saturated carbocycles. The maximum atomic E-state index is 12.7. The third kappa shape index (κ3) is 3.21. The summed E-state index contributed by atoms with van der Waals surface area (Å²) in [4.78, 5) is 24.7. The fourth-order valence-corrected chi connectivity index (χ4v) is 4.81. The van der Waals surface area contributed by atoms with Crippen LogP contribution in [0.3, 0.4) is 0 Å². The van der Waals surface area contributed by atoms with Crippen molar-refractivity contribution in [2.75, 3.05) is 0 Å². The van der Waals surface area contributed by atoms with Crippen LogP contribution in [0.4, 0.5) is 0 Å². The lowest BCUT2D eigenvalue weighted by atomic mass is 9.67. The van der Waals surface area contributed by atoms with E-state index in [1.165, 1.54) is 12.5 Å². The van der Waals surface area contributed by atoms with Crippen LogP contribution < -0.4 is 16.5 Å². The zero-order valence-corrected chi connectivity index (χ0v) is 14.4. The van der Waals surface area contributed by atoms with Crippen LogP contribution in [0.2, 0.25) is 0 Å². The topological polar surface area (TPSA) is 77.1 Å². The second-order valence-electron chi connectivity index (χ2n) is 7.60. The molecular formula is C20H25N3O2. The summed E-state index contributed by atoms with van der Waals surface area (Å²) >= 11 is 0. The molecule has 1 amide bonds. The van der Waals surface area contributed by atoms with Gasteiger partial charge in [-0.25, -0.2) is 0 Å². The van der Waals surface area contributed by atoms with Crippen LogP contribution in [-0.2, 0) is 11.3 Å². The van der Waals surface area contributed by atoms with Gasteiger partial charge >= 0.3 is 0 Å². The van der Waals surface area contributed by atoms with Crippen molar-refractivity contribution in [3.05, 3.63) is 46.8 Å². The van der Waals surface area contributed by atoms with E-state index in [1.807, 2.05) is 22.8 Å². The molecule has 5 heteroatoms. The summed E-state index contributed by atoms with van der Waals surface area (Å²) < 4.78 is 1.86. The lowest BCUT2D eigenvalue weighted by Gasteiger charge is -2.45. The number of para-hydroxylation sites is 1. The monoisotopic (exact) mass is 339 g/mol. The molecular weight excluding hydrogens is 314 g/mol. The Morgan fingerprint density at radius 3 is 2.64 bits per heavy atom. The number of rotatable bonds is 3. The summed E-state index contributed by atoms with van der Waals surface area (Å²) in [6.45, 7) is 0.239. The number of carbonyl (C=O) groups is 1. The normalized spacial score (nSPS) is 28.7. The fraction of sp³-hybridized carbons (Fsp3) is 0.500. The molecule has 1 aromatic carbocycles. The largest absolute Gasteiger partial charge is 0.351 e. The molecule has 2 aliphatic carbocycles. The van der Waals surface area contributed by atoms with Crippen LogP contribution in [0.1, 0.15) is 32.1 Å². The Hall–Kier alpha value is -2.14. The first-order chi connectivity index (χ1) is 12.1. The van der Waals surface area contributed by atoms with E-state index < -0.39 is 0 Å². The van der Waals surface area contributed by atoms with Gasteiger partial charge in [0.15, 0.2) is 5.43 Å². The maximum absolute atomic E-state index is 12.7. The van der Waals surface area contributed by atoms with Gasteiger partial charge < -0.3 is 15.6 Å². The summed E-state index contributed by atoms with van der Waals surface area (Å²) in [5.74, 6) is 1.04. The lowest BCUT2D eigenvalue weighted by molar-refractivity contribution is -0.123. The van der Waals surface area contributed by atoms with Crippen molar-refractivity contribution in [2.24, 2.45) is 17.6 Å². The molecule has 5 nitrogen and oxygen atoms in total. The highest BCUT2D eigenvalue weighted by molar-refractivity contribution is 5.82. The number of nitrogens with two attached hydrogens (primary N) is 1. The van der Waals surface area contributed by atoms with Crippen molar-refractivity contribution in [1.29, 1.82) is 0 Å². The molecule has 0 aliphatic heterocycles. The number of fused-ring (bicyclic) bond motifs is 3. The predicted octanol–water partition coefficient (Wildman–Crippen LogP) is 2.02. The van der Waals surface area contributed by atoms with E-state index >= 15 is 0 Å². The lowest BCUT2D eigenvalue weighted by Crippen LogP contribution is -2.54. The van der Waals surface area contributed by atoms with Gasteiger partial charge in [0, 0.05) is 29.7 Å². The van der Waals surface area contributed by atoms with Gasteiger partial charge in [-0.05, 0) is 49.7 Å². The van der Waals surface area contributed by atoms with Crippen molar-refractivity contribution in [3.8, 4) is 0 Å². The van der Waals surface area contributed by atoms with Crippen LogP contribution in [0, 0.1) is 11.8 Å². The number of hydrogen-bond acceptors (Lipinski definition) is 3. The van der Waals surface area contributed by atoms with Crippen LogP contribution in [0.25, 0.3) is 10.9 Å². The Morgan fingerprint density at radius 2 is 1.88 bits per heavy atom. The highest BCUT2D eigenvalue weighted by atomic mass is 16.2. The molecule has 2 bridgehead atoms. The minimum absolute atomic E-state index is 0.0111. The van der Waals surface area contributed by atoms with E-state index in [-0.39, 0.29) is 30.0 Å². The van der Waals surface area contributed by atoms with E-state index in [9.17, 15) is 9.59 Å². The number of amides is 1. The van der Waals surface area contributed by atoms with Gasteiger partial charge in [0.2, 0.25) is 5.91 Å². The second-order valence-corrected chi connectivity index (χ2v) is 7.60. The SMILES string of the molecule is NC1CC2CCCC(C1)C2NC(=O)Cn1ccc(=O)c2ccccc21. The highest BCUT2D eigenvalue weighted by Crippen LogP contribution is 2.39. The Morgan fingerprint density at radius 1 is 1.16 bits per heavy atom. The highest BCUT2D eigenvalue weighted by Gasteiger charge is 2.39. The van der Waals surface area contributed by atoms with Gasteiger partial charge in [0.1, 0.15) is 6.54 Å². The molecule has 4 rings (SSSR count). The van der Waals surface area contributed by atoms with Gasteiger partial charge in [-0.15, -0.1) is 0 Å². The summed E-state index contributed by atoms with van der Waals surface area (Å²) in [7, 11) is 0. The minimum atomic E-state index is -0.0111. The Balaban J connectivity index is 1.52. The Labute approximate surface area is 147 Å². The molecule has 25 heavy (non-hydrogen) atoms. The van der Waals surface area contributed by atoms with Crippen molar-refractivity contribution in [3.63, 3.8) is 0 Å². The van der Waals surface area contributed by atoms with Gasteiger partial charge in [-0.3, -0.25) is 9.59 Å². The fourth-order valence-electron chi connectivity index (χ4n) is 4.81. The summed E-state index contributed by atoms with van der Waals surface area (Å²) in [5, 5.41) is 3.93. The van der Waals surface area contributed by atoms with E-state index in [0.717, 1.165) is 31.2 Å². The zero-order valence-electron chi connectivity index (χ0n) is 14.4. The van der Waals surface area contributed by atoms with Crippen LogP contribution in [0.5, 0.6) is 0 Å². The molecule has 1 aromatic heterocycles. The predicted molar refractivity (Wildman–Crippen MR) is 98.2 cm³/mol. The van der Waals surface area contributed by atoms with E-state index in [1.54, 1.807) is 12.3 Å². The smallest absolute Gasteiger partial charge is 0.240 e. The van der Waals surface area contributed by atoms with Crippen LogP contribution in [-0.4, -0.2) is 22.6 Å². The molecule has 3 N–H and O–H groups in total. The van der Waals surface area contributed by atoms with Crippen LogP contribution >= 0.6 is 0 Å². The van der Waals surface area contributed by atoms with Gasteiger partial charge in [-0.2, -0.15) is 0 Å². The number of hydrogen-bond donors (Lipinski definition) is 2. The Kier molecular flexibility index (Phi) is 4.34. The molecule has 1 heterocycles. The molecule has 2 atom stereocenters. The van der Waals surface area contributed by atoms with E-state index in [4.69, 9.17) is 5.73 Å². The summed E-state index contributed by atoms with van der Waals surface area (Å²) in [6, 6.07) is 9.50. The van der Waals surface area contributed by atoms with E-state index in [0.29, 0.717) is 17.2 Å². The molecule has 2 unspecified atom stereocenters. The van der Waals surface area contributed by atoms with E-state index in [2.05, 4.69) is 5.32 Å². The first kappa shape index (κ1) is 16.3. The van der Waals surface area contributed by atoms with Gasteiger partial charge in [0.25, 0.3) is 0 Å². The minimum Gasteiger partial charge on any atom is -0.351 e. The Bertz CT molecular complexity index is 830. The number of benzene rings is 1. The standard InChI is InChI=1S/C20H25N3O2/c21-15-10-13-4-3-5-14(11-15)20(13)22-19(25)12-23-9-8-18(24)16-6-1-2-7-17(16)23/h1-2,6-9,13-15,20H,3-5,10-12,21H2,(H,22,25). The average Bonchev–Trinajstić information content (AvgIpc) is 2.58. The summed E-state index contributed by atoms with van der Waals surface area (Å²) in [6.07, 6.45) is 7.32. The molecule has 2 aromatic rings. The van der Waals surface area contributed by atoms with Crippen molar-refractivity contribution in [1.82, 2.24) is 9.88 Å². The first-order valence-corrected chi connectivity index (χ1v) is 9.25. The number of carbonyl (C=O) groups excluding carboxylic acids is 1. The van der Waals surface area contributed by atoms with Crippen LogP contribution in [0.15, 0.2) is 41.3 Å². The van der Waals surface area contributed by atoms with Crippen molar-refractivity contribution < 1.29 is 4.79 Å². The van der Waals surface area contributed by atoms with Gasteiger partial charge in [-0.1, -0.05) is 18.6 Å². The van der Waals surface area contributed by atoms with Crippen molar-refractivity contribution in [2.45, 2.75) is 50.7 Å². The summed E-state index contributed by atoms with van der Waals surface area (Å²) in [5.41, 5.74) is 6.96. The molecule has 0 radical (unpaired) electrons. The number of pyridine rings is 1. The first-order valence-electron chi connectivity index (χ1n) is 9.25. The molecule has 0 spiro atoms. The van der Waals surface area contributed by atoms with Gasteiger partial charge in [0.05, 0.1) is 5.52 Å². The number of nitrogens with zero attached hydrogens (tertiary/aromatic N) is 1. The third-order valence-electron chi connectivity index (χ3n) is 5.90. The molecule has 2 aliphatic rings. The number of nitrogens with one attached hydrogen (secondary N) is 1. The molecule has 132 valence electrons. The second kappa shape index (κ2) is 6.64. The molecule has 2 fully saturated rings. The average molecular weight is 339 g/mol. The number of aromatic nitrogens is 1. The third-order valence-corrected chi connectivity index (χ3v) is 5.90. The molecule has 0 saturated heterocycles. The van der Waals surface area contributed by atoms with Crippen molar-refractivity contribution >= 4 is 16.8 Å². The quantitative estimate of drug-likeness (QED) is 0.898.